The van der Waals surface area contributed by atoms with Gasteiger partial charge < -0.3 is 9.88 Å². The Bertz CT molecular complexity index is 949. The number of hydrogen-bond donors (Lipinski definition) is 1. The fourth-order valence-corrected chi connectivity index (χ4v) is 4.22. The summed E-state index contributed by atoms with van der Waals surface area (Å²) in [6.07, 6.45) is 6.24. The second-order valence-electron chi connectivity index (χ2n) is 8.03. The van der Waals surface area contributed by atoms with E-state index >= 15 is 0 Å². The highest BCUT2D eigenvalue weighted by Crippen LogP contribution is 2.20. The number of amides is 1. The van der Waals surface area contributed by atoms with Gasteiger partial charge in [-0.05, 0) is 55.5 Å². The standard InChI is InChI=1S/C25H30N4O/c1-2-29-16-14-26-24(29)19-28-15-6-7-20(18-28)17-27-25(30)23-12-10-22(11-13-23)21-8-4-3-5-9-21/h3-5,8-14,16,20H,2,6-7,15,17-19H2,1H3,(H,27,30). The molecule has 156 valence electrons. The number of nitrogens with zero attached hydrogens (tertiary/aromatic N) is 3. The lowest BCUT2D eigenvalue weighted by Crippen LogP contribution is -2.41. The van der Waals surface area contributed by atoms with Crippen LogP contribution in [0.2, 0.25) is 0 Å². The van der Waals surface area contributed by atoms with E-state index in [-0.39, 0.29) is 5.91 Å². The first-order valence-corrected chi connectivity index (χ1v) is 10.9. The zero-order valence-corrected chi connectivity index (χ0v) is 17.6. The van der Waals surface area contributed by atoms with Gasteiger partial charge in [0, 0.05) is 37.6 Å². The molecule has 0 spiro atoms. The van der Waals surface area contributed by atoms with Gasteiger partial charge in [0.1, 0.15) is 5.82 Å². The molecule has 0 bridgehead atoms. The molecule has 1 N–H and O–H groups in total. The van der Waals surface area contributed by atoms with Crippen LogP contribution < -0.4 is 5.32 Å². The van der Waals surface area contributed by atoms with Gasteiger partial charge in [-0.3, -0.25) is 9.69 Å². The number of carbonyl (C=O) groups is 1. The summed E-state index contributed by atoms with van der Waals surface area (Å²) in [7, 11) is 0. The monoisotopic (exact) mass is 402 g/mol. The highest BCUT2D eigenvalue weighted by molar-refractivity contribution is 5.94. The predicted octanol–water partition coefficient (Wildman–Crippen LogP) is 4.21. The smallest absolute Gasteiger partial charge is 0.251 e. The van der Waals surface area contributed by atoms with Crippen LogP contribution in [0.1, 0.15) is 35.9 Å². The fourth-order valence-electron chi connectivity index (χ4n) is 4.22. The van der Waals surface area contributed by atoms with Crippen molar-refractivity contribution < 1.29 is 4.79 Å². The molecular weight excluding hydrogens is 372 g/mol. The minimum absolute atomic E-state index is 0.00765. The molecule has 4 rings (SSSR count). The number of benzene rings is 2. The zero-order chi connectivity index (χ0) is 20.8. The summed E-state index contributed by atoms with van der Waals surface area (Å²) in [6, 6.07) is 18.1. The minimum atomic E-state index is 0.00765. The van der Waals surface area contributed by atoms with Crippen LogP contribution in [-0.4, -0.2) is 40.0 Å². The maximum atomic E-state index is 12.6. The number of piperidine rings is 1. The quantitative estimate of drug-likeness (QED) is 0.644. The summed E-state index contributed by atoms with van der Waals surface area (Å²) in [5.74, 6) is 1.62. The topological polar surface area (TPSA) is 50.2 Å². The van der Waals surface area contributed by atoms with Gasteiger partial charge in [-0.1, -0.05) is 42.5 Å². The van der Waals surface area contributed by atoms with Gasteiger partial charge in [-0.25, -0.2) is 4.98 Å². The number of imidazole rings is 1. The van der Waals surface area contributed by atoms with E-state index in [9.17, 15) is 4.79 Å². The van der Waals surface area contributed by atoms with E-state index in [2.05, 4.69) is 38.8 Å². The van der Waals surface area contributed by atoms with Crippen molar-refractivity contribution in [3.63, 3.8) is 0 Å². The van der Waals surface area contributed by atoms with Crippen molar-refractivity contribution in [2.45, 2.75) is 32.9 Å². The zero-order valence-electron chi connectivity index (χ0n) is 17.6. The van der Waals surface area contributed by atoms with Crippen molar-refractivity contribution in [2.75, 3.05) is 19.6 Å². The molecule has 30 heavy (non-hydrogen) atoms. The van der Waals surface area contributed by atoms with E-state index in [0.29, 0.717) is 11.5 Å². The molecule has 1 fully saturated rings. The van der Waals surface area contributed by atoms with Crippen molar-refractivity contribution in [3.8, 4) is 11.1 Å². The Morgan fingerprint density at radius 2 is 1.87 bits per heavy atom. The van der Waals surface area contributed by atoms with Crippen LogP contribution in [0.25, 0.3) is 11.1 Å². The third kappa shape index (κ3) is 4.97. The number of aryl methyl sites for hydroxylation is 1. The molecular formula is C25H30N4O. The SMILES string of the molecule is CCn1ccnc1CN1CCCC(CNC(=O)c2ccc(-c3ccccc3)cc2)C1. The summed E-state index contributed by atoms with van der Waals surface area (Å²) in [5.41, 5.74) is 3.00. The lowest BCUT2D eigenvalue weighted by Gasteiger charge is -2.32. The van der Waals surface area contributed by atoms with Gasteiger partial charge >= 0.3 is 0 Å². The Morgan fingerprint density at radius 3 is 2.63 bits per heavy atom. The Hall–Kier alpha value is -2.92. The van der Waals surface area contributed by atoms with Crippen LogP contribution in [0, 0.1) is 5.92 Å². The van der Waals surface area contributed by atoms with Gasteiger partial charge in [0.2, 0.25) is 0 Å². The highest BCUT2D eigenvalue weighted by Gasteiger charge is 2.21. The maximum absolute atomic E-state index is 12.6. The molecule has 2 aromatic carbocycles. The van der Waals surface area contributed by atoms with E-state index in [1.54, 1.807) is 0 Å². The number of hydrogen-bond acceptors (Lipinski definition) is 3. The summed E-state index contributed by atoms with van der Waals surface area (Å²) in [5, 5.41) is 3.14. The van der Waals surface area contributed by atoms with Crippen molar-refractivity contribution in [1.29, 1.82) is 0 Å². The van der Waals surface area contributed by atoms with Crippen molar-refractivity contribution in [1.82, 2.24) is 19.8 Å². The van der Waals surface area contributed by atoms with E-state index in [4.69, 9.17) is 0 Å². The molecule has 0 saturated carbocycles. The average molecular weight is 403 g/mol. The lowest BCUT2D eigenvalue weighted by molar-refractivity contribution is 0.0929. The largest absolute Gasteiger partial charge is 0.352 e. The van der Waals surface area contributed by atoms with Gasteiger partial charge in [-0.2, -0.15) is 0 Å². The van der Waals surface area contributed by atoms with Crippen LogP contribution in [0.3, 0.4) is 0 Å². The van der Waals surface area contributed by atoms with E-state index in [1.165, 1.54) is 6.42 Å². The summed E-state index contributed by atoms with van der Waals surface area (Å²) < 4.78 is 2.20. The molecule has 1 saturated heterocycles. The van der Waals surface area contributed by atoms with Crippen LogP contribution >= 0.6 is 0 Å². The van der Waals surface area contributed by atoms with Gasteiger partial charge in [0.15, 0.2) is 0 Å². The summed E-state index contributed by atoms with van der Waals surface area (Å²) >= 11 is 0. The summed E-state index contributed by atoms with van der Waals surface area (Å²) in [4.78, 5) is 19.6. The van der Waals surface area contributed by atoms with E-state index < -0.39 is 0 Å². The number of rotatable bonds is 7. The molecule has 1 aliphatic heterocycles. The molecule has 1 unspecified atom stereocenters. The number of likely N-dealkylation sites (tertiary alicyclic amines) is 1. The third-order valence-electron chi connectivity index (χ3n) is 5.92. The van der Waals surface area contributed by atoms with Crippen LogP contribution in [-0.2, 0) is 13.1 Å². The molecule has 3 aromatic rings. The third-order valence-corrected chi connectivity index (χ3v) is 5.92. The van der Waals surface area contributed by atoms with Gasteiger partial charge in [-0.15, -0.1) is 0 Å². The molecule has 2 heterocycles. The lowest BCUT2D eigenvalue weighted by atomic mass is 9.97. The molecule has 5 nitrogen and oxygen atoms in total. The molecule has 1 aliphatic rings. The van der Waals surface area contributed by atoms with Crippen LogP contribution in [0.15, 0.2) is 67.0 Å². The first-order chi connectivity index (χ1) is 14.7. The number of aromatic nitrogens is 2. The number of carbonyl (C=O) groups excluding carboxylic acids is 1. The first kappa shape index (κ1) is 20.4. The molecule has 1 aromatic heterocycles. The van der Waals surface area contributed by atoms with Crippen molar-refractivity contribution >= 4 is 5.91 Å². The maximum Gasteiger partial charge on any atom is 0.251 e. The first-order valence-electron chi connectivity index (χ1n) is 10.9. The Morgan fingerprint density at radius 1 is 1.10 bits per heavy atom. The summed E-state index contributed by atoms with van der Waals surface area (Å²) in [6.45, 7) is 6.80. The van der Waals surface area contributed by atoms with Gasteiger partial charge in [0.25, 0.3) is 5.91 Å². The second-order valence-corrected chi connectivity index (χ2v) is 8.03. The van der Waals surface area contributed by atoms with Crippen molar-refractivity contribution in [2.24, 2.45) is 5.92 Å². The van der Waals surface area contributed by atoms with Crippen LogP contribution in [0.5, 0.6) is 0 Å². The average Bonchev–Trinajstić information content (AvgIpc) is 3.25. The Balaban J connectivity index is 1.29. The van der Waals surface area contributed by atoms with Gasteiger partial charge in [0.05, 0.1) is 6.54 Å². The van der Waals surface area contributed by atoms with Crippen LogP contribution in [0.4, 0.5) is 0 Å². The predicted molar refractivity (Wildman–Crippen MR) is 120 cm³/mol. The van der Waals surface area contributed by atoms with Crippen molar-refractivity contribution in [3.05, 3.63) is 78.4 Å². The Kier molecular flexibility index (Phi) is 6.60. The van der Waals surface area contributed by atoms with E-state index in [0.717, 1.165) is 56.1 Å². The molecule has 5 heteroatoms. The number of nitrogens with one attached hydrogen (secondary N) is 1. The fraction of sp³-hybridized carbons (Fsp3) is 0.360. The minimum Gasteiger partial charge on any atom is -0.352 e. The molecule has 0 aliphatic carbocycles. The highest BCUT2D eigenvalue weighted by atomic mass is 16.1. The molecule has 1 amide bonds. The Labute approximate surface area is 178 Å². The van der Waals surface area contributed by atoms with E-state index in [1.807, 2.05) is 54.9 Å². The second kappa shape index (κ2) is 9.72. The molecule has 0 radical (unpaired) electrons. The normalized spacial score (nSPS) is 17.0. The molecule has 1 atom stereocenters.